The molecule has 0 bridgehead atoms. The van der Waals surface area contributed by atoms with Gasteiger partial charge in [-0.3, -0.25) is 9.59 Å². The smallest absolute Gasteiger partial charge is 0.262 e. The van der Waals surface area contributed by atoms with E-state index in [4.69, 9.17) is 9.47 Å². The number of ether oxygens (including phenoxy) is 2. The van der Waals surface area contributed by atoms with Gasteiger partial charge >= 0.3 is 0 Å². The first-order chi connectivity index (χ1) is 16.5. The quantitative estimate of drug-likeness (QED) is 0.415. The summed E-state index contributed by atoms with van der Waals surface area (Å²) in [5.74, 6) is -0.275. The predicted octanol–water partition coefficient (Wildman–Crippen LogP) is 3.68. The third-order valence-corrected chi connectivity index (χ3v) is 4.71. The summed E-state index contributed by atoms with van der Waals surface area (Å²) in [6.45, 7) is -0.208. The maximum absolute atomic E-state index is 14.3. The van der Waals surface area contributed by atoms with Crippen molar-refractivity contribution in [1.82, 2.24) is 14.8 Å². The lowest BCUT2D eigenvalue weighted by molar-refractivity contribution is -0.118. The normalized spacial score (nSPS) is 10.4. The maximum Gasteiger partial charge on any atom is 0.262 e. The number of nitrogens with zero attached hydrogens (tertiary/aromatic N) is 3. The number of amides is 2. The van der Waals surface area contributed by atoms with Gasteiger partial charge in [0, 0.05) is 23.0 Å². The van der Waals surface area contributed by atoms with Crippen LogP contribution in [0.25, 0.3) is 5.69 Å². The Morgan fingerprint density at radius 1 is 0.971 bits per heavy atom. The van der Waals surface area contributed by atoms with E-state index in [1.54, 1.807) is 61.7 Å². The minimum Gasteiger partial charge on any atom is -0.497 e. The van der Waals surface area contributed by atoms with Crippen LogP contribution in [0.5, 0.6) is 11.5 Å². The topological polar surface area (TPSA) is 107 Å². The lowest BCUT2D eigenvalue weighted by atomic mass is 10.2. The highest BCUT2D eigenvalue weighted by atomic mass is 19.1. The fraction of sp³-hybridized carbons (Fsp3) is 0.0833. The summed E-state index contributed by atoms with van der Waals surface area (Å²) in [4.78, 5) is 28.4. The number of methoxy groups -OCH3 is 1. The molecule has 0 spiro atoms. The molecule has 0 aliphatic carbocycles. The number of aromatic nitrogens is 3. The van der Waals surface area contributed by atoms with Crippen molar-refractivity contribution in [3.8, 4) is 17.2 Å². The number of carbonyl (C=O) groups is 2. The van der Waals surface area contributed by atoms with Gasteiger partial charge in [0.1, 0.15) is 29.8 Å². The van der Waals surface area contributed by atoms with Gasteiger partial charge in [0.15, 0.2) is 12.4 Å². The van der Waals surface area contributed by atoms with Gasteiger partial charge in [0.05, 0.1) is 7.11 Å². The monoisotopic (exact) mass is 461 g/mol. The molecule has 0 unspecified atom stereocenters. The highest BCUT2D eigenvalue weighted by Crippen LogP contribution is 2.20. The van der Waals surface area contributed by atoms with Crippen molar-refractivity contribution in [2.45, 2.75) is 0 Å². The molecule has 0 radical (unpaired) electrons. The van der Waals surface area contributed by atoms with Gasteiger partial charge in [-0.1, -0.05) is 6.07 Å². The number of hydrogen-bond donors (Lipinski definition) is 2. The Kier molecular flexibility index (Phi) is 6.78. The number of anilines is 2. The standard InChI is InChI=1S/C24H20FN5O4/c1-33-20-4-2-3-17(11-20)28-23(31)13-34-19-8-5-16(6-9-19)24(32)29-18-7-10-22(21(25)12-18)30-15-26-14-27-30/h2-12,14-15H,13H2,1H3,(H,28,31)(H,29,32). The lowest BCUT2D eigenvalue weighted by Gasteiger charge is -2.10. The Hall–Kier alpha value is -4.73. The van der Waals surface area contributed by atoms with Crippen LogP contribution in [0.3, 0.4) is 0 Å². The summed E-state index contributed by atoms with van der Waals surface area (Å²) in [5, 5.41) is 9.24. The molecule has 2 amide bonds. The van der Waals surface area contributed by atoms with E-state index in [0.717, 1.165) is 0 Å². The number of halogens is 1. The van der Waals surface area contributed by atoms with E-state index in [1.165, 1.54) is 29.5 Å². The van der Waals surface area contributed by atoms with Gasteiger partial charge in [-0.25, -0.2) is 14.1 Å². The molecule has 2 N–H and O–H groups in total. The minimum atomic E-state index is -0.556. The maximum atomic E-state index is 14.3. The first-order valence-electron chi connectivity index (χ1n) is 10.1. The Bertz CT molecular complexity index is 1290. The van der Waals surface area contributed by atoms with Crippen LogP contribution in [-0.2, 0) is 4.79 Å². The summed E-state index contributed by atoms with van der Waals surface area (Å²) < 4.78 is 26.2. The van der Waals surface area contributed by atoms with Gasteiger partial charge in [0.25, 0.3) is 11.8 Å². The first kappa shape index (κ1) is 22.5. The minimum absolute atomic E-state index is 0.208. The second-order valence-corrected chi connectivity index (χ2v) is 7.05. The van der Waals surface area contributed by atoms with E-state index in [2.05, 4.69) is 20.7 Å². The van der Waals surface area contributed by atoms with Crippen LogP contribution in [0.2, 0.25) is 0 Å². The Morgan fingerprint density at radius 3 is 2.47 bits per heavy atom. The molecular weight excluding hydrogens is 441 g/mol. The van der Waals surface area contributed by atoms with E-state index in [-0.39, 0.29) is 18.2 Å². The molecule has 1 aromatic heterocycles. The van der Waals surface area contributed by atoms with Crippen LogP contribution in [0.15, 0.2) is 79.4 Å². The fourth-order valence-corrected chi connectivity index (χ4v) is 3.06. The molecule has 0 saturated carbocycles. The molecular formula is C24H20FN5O4. The predicted molar refractivity (Wildman–Crippen MR) is 123 cm³/mol. The molecule has 0 atom stereocenters. The average Bonchev–Trinajstić information content (AvgIpc) is 3.38. The highest BCUT2D eigenvalue weighted by Gasteiger charge is 2.11. The third-order valence-electron chi connectivity index (χ3n) is 4.71. The molecule has 1 heterocycles. The van der Waals surface area contributed by atoms with Crippen LogP contribution in [-0.4, -0.2) is 40.3 Å². The zero-order valence-corrected chi connectivity index (χ0v) is 18.1. The molecule has 9 nitrogen and oxygen atoms in total. The van der Waals surface area contributed by atoms with Crippen LogP contribution in [0.4, 0.5) is 15.8 Å². The Morgan fingerprint density at radius 2 is 1.76 bits per heavy atom. The second kappa shape index (κ2) is 10.3. The molecule has 3 aromatic carbocycles. The zero-order valence-electron chi connectivity index (χ0n) is 18.1. The third kappa shape index (κ3) is 5.54. The summed E-state index contributed by atoms with van der Waals surface area (Å²) in [7, 11) is 1.54. The number of rotatable bonds is 8. The summed E-state index contributed by atoms with van der Waals surface area (Å²) in [6.07, 6.45) is 2.68. The molecule has 172 valence electrons. The van der Waals surface area contributed by atoms with Gasteiger partial charge in [-0.2, -0.15) is 5.10 Å². The van der Waals surface area contributed by atoms with Gasteiger partial charge < -0.3 is 20.1 Å². The van der Waals surface area contributed by atoms with Crippen molar-refractivity contribution >= 4 is 23.2 Å². The van der Waals surface area contributed by atoms with Gasteiger partial charge in [0.2, 0.25) is 0 Å². The fourth-order valence-electron chi connectivity index (χ4n) is 3.06. The van der Waals surface area contributed by atoms with Gasteiger partial charge in [-0.05, 0) is 54.6 Å². The number of nitrogens with one attached hydrogen (secondary N) is 2. The van der Waals surface area contributed by atoms with E-state index >= 15 is 0 Å². The van der Waals surface area contributed by atoms with E-state index in [0.29, 0.717) is 28.4 Å². The molecule has 4 rings (SSSR count). The van der Waals surface area contributed by atoms with Crippen LogP contribution < -0.4 is 20.1 Å². The largest absolute Gasteiger partial charge is 0.497 e. The zero-order chi connectivity index (χ0) is 23.9. The average molecular weight is 461 g/mol. The molecule has 4 aromatic rings. The van der Waals surface area contributed by atoms with Crippen molar-refractivity contribution in [3.05, 3.63) is 90.8 Å². The second-order valence-electron chi connectivity index (χ2n) is 7.05. The molecule has 0 aliphatic heterocycles. The number of hydrogen-bond acceptors (Lipinski definition) is 6. The van der Waals surface area contributed by atoms with Crippen molar-refractivity contribution < 1.29 is 23.5 Å². The van der Waals surface area contributed by atoms with Crippen LogP contribution in [0, 0.1) is 5.82 Å². The Balaban J connectivity index is 1.31. The van der Waals surface area contributed by atoms with Crippen molar-refractivity contribution in [3.63, 3.8) is 0 Å². The molecule has 10 heteroatoms. The van der Waals surface area contributed by atoms with Crippen LogP contribution in [0.1, 0.15) is 10.4 Å². The van der Waals surface area contributed by atoms with Gasteiger partial charge in [-0.15, -0.1) is 0 Å². The summed E-state index contributed by atoms with van der Waals surface area (Å²) in [6, 6.07) is 17.5. The lowest BCUT2D eigenvalue weighted by Crippen LogP contribution is -2.20. The molecule has 0 fully saturated rings. The first-order valence-corrected chi connectivity index (χ1v) is 10.1. The highest BCUT2D eigenvalue weighted by molar-refractivity contribution is 6.04. The Labute approximate surface area is 194 Å². The number of benzene rings is 3. The molecule has 0 aliphatic rings. The van der Waals surface area contributed by atoms with Crippen molar-refractivity contribution in [2.24, 2.45) is 0 Å². The van der Waals surface area contributed by atoms with Crippen molar-refractivity contribution in [1.29, 1.82) is 0 Å². The SMILES string of the molecule is COc1cccc(NC(=O)COc2ccc(C(=O)Nc3ccc(-n4cncn4)c(F)c3)cc2)c1. The van der Waals surface area contributed by atoms with Crippen molar-refractivity contribution in [2.75, 3.05) is 24.4 Å². The molecule has 0 saturated heterocycles. The number of carbonyl (C=O) groups excluding carboxylic acids is 2. The molecule has 34 heavy (non-hydrogen) atoms. The van der Waals surface area contributed by atoms with E-state index in [9.17, 15) is 14.0 Å². The van der Waals surface area contributed by atoms with Crippen LogP contribution >= 0.6 is 0 Å². The summed E-state index contributed by atoms with van der Waals surface area (Å²) in [5.41, 5.74) is 1.44. The van der Waals surface area contributed by atoms with E-state index < -0.39 is 11.7 Å². The summed E-state index contributed by atoms with van der Waals surface area (Å²) >= 11 is 0. The van der Waals surface area contributed by atoms with E-state index in [1.807, 2.05) is 0 Å².